The highest BCUT2D eigenvalue weighted by Gasteiger charge is 2.31. The maximum Gasteiger partial charge on any atom is 0.320 e. The van der Waals surface area contributed by atoms with Crippen molar-refractivity contribution < 1.29 is 27.9 Å². The lowest BCUT2D eigenvalue weighted by Crippen LogP contribution is -2.41. The standard InChI is InChI=1S/C18H26N2O6S/c1-13(11-16(19)18(22)23)12-17(21)26-14-7-9-20(10-8-14)27(24,25)15-5-3-2-4-6-15/h2-6,13-14,16H,7-12,19H2,1H3,(H,22,23)/t13?,16-/m0/s1. The molecule has 3 N–H and O–H groups in total. The Bertz CT molecular complexity index is 744. The summed E-state index contributed by atoms with van der Waals surface area (Å²) in [6, 6.07) is 7.24. The van der Waals surface area contributed by atoms with Crippen LogP contribution in [0, 0.1) is 5.92 Å². The molecule has 1 aromatic carbocycles. The largest absolute Gasteiger partial charge is 0.480 e. The molecule has 2 rings (SSSR count). The molecule has 2 atom stereocenters. The third-order valence-corrected chi connectivity index (χ3v) is 6.48. The van der Waals surface area contributed by atoms with Gasteiger partial charge in [0.2, 0.25) is 10.0 Å². The van der Waals surface area contributed by atoms with Gasteiger partial charge >= 0.3 is 11.9 Å². The summed E-state index contributed by atoms with van der Waals surface area (Å²) in [5.74, 6) is -1.71. The number of nitrogens with two attached hydrogens (primary N) is 1. The number of carbonyl (C=O) groups is 2. The molecular formula is C18H26N2O6S. The van der Waals surface area contributed by atoms with E-state index in [4.69, 9.17) is 15.6 Å². The third kappa shape index (κ3) is 6.02. The first-order chi connectivity index (χ1) is 12.7. The Morgan fingerprint density at radius 1 is 1.26 bits per heavy atom. The SMILES string of the molecule is CC(CC(=O)OC1CCN(S(=O)(=O)c2ccccc2)CC1)C[C@H](N)C(=O)O. The summed E-state index contributed by atoms with van der Waals surface area (Å²) < 4.78 is 32.0. The number of esters is 1. The Hall–Kier alpha value is -1.97. The van der Waals surface area contributed by atoms with Crippen molar-refractivity contribution in [2.75, 3.05) is 13.1 Å². The van der Waals surface area contributed by atoms with Crippen LogP contribution in [-0.2, 0) is 24.3 Å². The molecule has 0 amide bonds. The summed E-state index contributed by atoms with van der Waals surface area (Å²) in [4.78, 5) is 23.0. The van der Waals surface area contributed by atoms with Gasteiger partial charge in [-0.1, -0.05) is 25.1 Å². The van der Waals surface area contributed by atoms with E-state index in [1.807, 2.05) is 0 Å². The van der Waals surface area contributed by atoms with Gasteiger partial charge in [-0.2, -0.15) is 4.31 Å². The van der Waals surface area contributed by atoms with Crippen LogP contribution in [0.4, 0.5) is 0 Å². The van der Waals surface area contributed by atoms with E-state index in [-0.39, 0.29) is 42.8 Å². The minimum absolute atomic E-state index is 0.0868. The van der Waals surface area contributed by atoms with Gasteiger partial charge in [0.25, 0.3) is 0 Å². The van der Waals surface area contributed by atoms with E-state index in [1.165, 1.54) is 4.31 Å². The van der Waals surface area contributed by atoms with Gasteiger partial charge in [0.15, 0.2) is 0 Å². The van der Waals surface area contributed by atoms with Gasteiger partial charge in [-0.15, -0.1) is 0 Å². The Morgan fingerprint density at radius 2 is 1.85 bits per heavy atom. The lowest BCUT2D eigenvalue weighted by molar-refractivity contribution is -0.152. The van der Waals surface area contributed by atoms with Gasteiger partial charge in [-0.05, 0) is 37.3 Å². The van der Waals surface area contributed by atoms with Crippen molar-refractivity contribution in [2.45, 2.75) is 49.6 Å². The first-order valence-corrected chi connectivity index (χ1v) is 10.4. The number of nitrogens with zero attached hydrogens (tertiary/aromatic N) is 1. The van der Waals surface area contributed by atoms with Crippen LogP contribution in [0.5, 0.6) is 0 Å². The van der Waals surface area contributed by atoms with Crippen molar-refractivity contribution in [3.63, 3.8) is 0 Å². The molecule has 8 nitrogen and oxygen atoms in total. The average Bonchev–Trinajstić information content (AvgIpc) is 2.62. The predicted octanol–water partition coefficient (Wildman–Crippen LogP) is 1.21. The highest BCUT2D eigenvalue weighted by atomic mass is 32.2. The number of aliphatic carboxylic acids is 1. The number of piperidine rings is 1. The number of ether oxygens (including phenoxy) is 1. The summed E-state index contributed by atoms with van der Waals surface area (Å²) in [5.41, 5.74) is 5.47. The predicted molar refractivity (Wildman–Crippen MR) is 98.3 cm³/mol. The van der Waals surface area contributed by atoms with Crippen LogP contribution in [0.1, 0.15) is 32.6 Å². The van der Waals surface area contributed by atoms with Crippen LogP contribution < -0.4 is 5.73 Å². The summed E-state index contributed by atoms with van der Waals surface area (Å²) in [5, 5.41) is 8.80. The molecule has 150 valence electrons. The van der Waals surface area contributed by atoms with E-state index in [0.29, 0.717) is 12.8 Å². The van der Waals surface area contributed by atoms with E-state index in [9.17, 15) is 18.0 Å². The minimum atomic E-state index is -3.53. The Labute approximate surface area is 159 Å². The van der Waals surface area contributed by atoms with Gasteiger partial charge in [0, 0.05) is 19.5 Å². The number of sulfonamides is 1. The van der Waals surface area contributed by atoms with Gasteiger partial charge < -0.3 is 15.6 Å². The van der Waals surface area contributed by atoms with Crippen molar-refractivity contribution in [1.29, 1.82) is 0 Å². The van der Waals surface area contributed by atoms with Crippen molar-refractivity contribution in [1.82, 2.24) is 4.31 Å². The zero-order valence-corrected chi connectivity index (χ0v) is 16.1. The van der Waals surface area contributed by atoms with Crippen LogP contribution in [0.2, 0.25) is 0 Å². The number of hydrogen-bond acceptors (Lipinski definition) is 6. The lowest BCUT2D eigenvalue weighted by Gasteiger charge is -2.31. The second kappa shape index (κ2) is 9.29. The zero-order valence-electron chi connectivity index (χ0n) is 15.3. The molecule has 0 bridgehead atoms. The molecule has 0 radical (unpaired) electrons. The summed E-state index contributed by atoms with van der Waals surface area (Å²) in [7, 11) is -3.53. The van der Waals surface area contributed by atoms with Crippen molar-refractivity contribution in [3.8, 4) is 0 Å². The van der Waals surface area contributed by atoms with E-state index in [0.717, 1.165) is 0 Å². The molecule has 1 aliphatic heterocycles. The number of carboxylic acids is 1. The number of carbonyl (C=O) groups excluding carboxylic acids is 1. The Balaban J connectivity index is 1.80. The molecule has 0 spiro atoms. The molecule has 27 heavy (non-hydrogen) atoms. The van der Waals surface area contributed by atoms with Crippen molar-refractivity contribution in [2.24, 2.45) is 11.7 Å². The van der Waals surface area contributed by atoms with E-state index in [2.05, 4.69) is 0 Å². The van der Waals surface area contributed by atoms with Crippen molar-refractivity contribution >= 4 is 22.0 Å². The second-order valence-electron chi connectivity index (χ2n) is 6.90. The summed E-state index contributed by atoms with van der Waals surface area (Å²) in [6.07, 6.45) is 0.809. The zero-order chi connectivity index (χ0) is 20.0. The quantitative estimate of drug-likeness (QED) is 0.630. The highest BCUT2D eigenvalue weighted by molar-refractivity contribution is 7.89. The topological polar surface area (TPSA) is 127 Å². The molecule has 1 heterocycles. The molecule has 1 saturated heterocycles. The van der Waals surface area contributed by atoms with E-state index >= 15 is 0 Å². The van der Waals surface area contributed by atoms with Crippen LogP contribution in [0.15, 0.2) is 35.2 Å². The number of benzene rings is 1. The average molecular weight is 398 g/mol. The normalized spacial score (nSPS) is 18.6. The van der Waals surface area contributed by atoms with E-state index in [1.54, 1.807) is 37.3 Å². The smallest absolute Gasteiger partial charge is 0.320 e. The monoisotopic (exact) mass is 398 g/mol. The number of hydrogen-bond donors (Lipinski definition) is 2. The summed E-state index contributed by atoms with van der Waals surface area (Å²) in [6.45, 7) is 2.32. The lowest BCUT2D eigenvalue weighted by atomic mass is 9.99. The van der Waals surface area contributed by atoms with Gasteiger partial charge in [0.05, 0.1) is 4.90 Å². The molecule has 1 aliphatic rings. The van der Waals surface area contributed by atoms with Crippen LogP contribution in [0.3, 0.4) is 0 Å². The fourth-order valence-electron chi connectivity index (χ4n) is 3.07. The number of rotatable bonds is 8. The number of carboxylic acid groups (broad SMARTS) is 1. The molecule has 0 aromatic heterocycles. The van der Waals surface area contributed by atoms with Crippen LogP contribution >= 0.6 is 0 Å². The van der Waals surface area contributed by atoms with Gasteiger partial charge in [-0.3, -0.25) is 9.59 Å². The van der Waals surface area contributed by atoms with Gasteiger partial charge in [-0.25, -0.2) is 8.42 Å². The van der Waals surface area contributed by atoms with Crippen molar-refractivity contribution in [3.05, 3.63) is 30.3 Å². The molecule has 1 unspecified atom stereocenters. The second-order valence-corrected chi connectivity index (χ2v) is 8.83. The fourth-order valence-corrected chi connectivity index (χ4v) is 4.56. The molecule has 0 saturated carbocycles. The van der Waals surface area contributed by atoms with Crippen LogP contribution in [-0.4, -0.2) is 55.0 Å². The Kier molecular flexibility index (Phi) is 7.34. The maximum atomic E-state index is 12.6. The van der Waals surface area contributed by atoms with Crippen LogP contribution in [0.25, 0.3) is 0 Å². The maximum absolute atomic E-state index is 12.6. The molecule has 1 fully saturated rings. The molecule has 1 aromatic rings. The first kappa shape index (κ1) is 21.3. The molecule has 9 heteroatoms. The highest BCUT2D eigenvalue weighted by Crippen LogP contribution is 2.22. The minimum Gasteiger partial charge on any atom is -0.480 e. The van der Waals surface area contributed by atoms with Gasteiger partial charge in [0.1, 0.15) is 12.1 Å². The first-order valence-electron chi connectivity index (χ1n) is 8.93. The van der Waals surface area contributed by atoms with E-state index < -0.39 is 28.0 Å². The molecule has 0 aliphatic carbocycles. The molecular weight excluding hydrogens is 372 g/mol. The summed E-state index contributed by atoms with van der Waals surface area (Å²) >= 11 is 0. The Morgan fingerprint density at radius 3 is 2.41 bits per heavy atom. The third-order valence-electron chi connectivity index (χ3n) is 4.57. The fraction of sp³-hybridized carbons (Fsp3) is 0.556.